The van der Waals surface area contributed by atoms with Crippen LogP contribution in [0.15, 0.2) is 46.7 Å². The van der Waals surface area contributed by atoms with Gasteiger partial charge < -0.3 is 15.7 Å². The molecule has 0 spiro atoms. The monoisotopic (exact) mass is 336 g/mol. The minimum atomic E-state index is -0.810. The van der Waals surface area contributed by atoms with Gasteiger partial charge in [0, 0.05) is 16.3 Å². The van der Waals surface area contributed by atoms with Crippen molar-refractivity contribution in [1.82, 2.24) is 5.32 Å². The van der Waals surface area contributed by atoms with E-state index in [0.717, 1.165) is 9.77 Å². The molecule has 0 radical (unpaired) electrons. The number of hydrogen-bond acceptors (Lipinski definition) is 5. The van der Waals surface area contributed by atoms with E-state index in [4.69, 9.17) is 0 Å². The van der Waals surface area contributed by atoms with Crippen molar-refractivity contribution in [3.63, 3.8) is 0 Å². The highest BCUT2D eigenvalue weighted by atomic mass is 32.2. The Balaban J connectivity index is 1.88. The summed E-state index contributed by atoms with van der Waals surface area (Å²) in [6.07, 6.45) is 1.08. The van der Waals surface area contributed by atoms with Crippen LogP contribution < -0.4 is 10.6 Å². The van der Waals surface area contributed by atoms with Crippen molar-refractivity contribution in [3.8, 4) is 0 Å². The Bertz CT molecular complexity index is 644. The van der Waals surface area contributed by atoms with Crippen LogP contribution in [0.5, 0.6) is 0 Å². The molecule has 0 bridgehead atoms. The van der Waals surface area contributed by atoms with Crippen LogP contribution in [0.1, 0.15) is 11.0 Å². The van der Waals surface area contributed by atoms with Gasteiger partial charge in [-0.05, 0) is 29.8 Å². The highest BCUT2D eigenvalue weighted by Crippen LogP contribution is 2.24. The molecule has 22 heavy (non-hydrogen) atoms. The predicted molar refractivity (Wildman–Crippen MR) is 89.1 cm³/mol. The molecule has 1 unspecified atom stereocenters. The number of rotatable bonds is 5. The maximum absolute atomic E-state index is 11.9. The largest absolute Gasteiger partial charge is 0.386 e. The van der Waals surface area contributed by atoms with E-state index in [1.807, 2.05) is 29.8 Å². The van der Waals surface area contributed by atoms with Crippen LogP contribution in [-0.2, 0) is 9.59 Å². The molecular formula is C15H16N2O3S2. The minimum Gasteiger partial charge on any atom is -0.386 e. The molecule has 0 aliphatic heterocycles. The molecule has 1 aromatic carbocycles. The first-order chi connectivity index (χ1) is 10.6. The van der Waals surface area contributed by atoms with Gasteiger partial charge in [0.1, 0.15) is 6.10 Å². The molecule has 7 heteroatoms. The number of hydrogen-bond donors (Lipinski definition) is 3. The Morgan fingerprint density at radius 3 is 2.68 bits per heavy atom. The normalized spacial score (nSPS) is 11.7. The lowest BCUT2D eigenvalue weighted by Gasteiger charge is -2.11. The number of thioether (sulfide) groups is 1. The fraction of sp³-hybridized carbons (Fsp3) is 0.200. The van der Waals surface area contributed by atoms with Gasteiger partial charge in [-0.25, -0.2) is 0 Å². The number of amides is 2. The lowest BCUT2D eigenvalue weighted by molar-refractivity contribution is -0.136. The van der Waals surface area contributed by atoms with E-state index >= 15 is 0 Å². The fourth-order valence-electron chi connectivity index (χ4n) is 1.78. The lowest BCUT2D eigenvalue weighted by Crippen LogP contribution is -2.37. The molecule has 5 nitrogen and oxygen atoms in total. The first-order valence-corrected chi connectivity index (χ1v) is 8.66. The Hall–Kier alpha value is -1.83. The summed E-state index contributed by atoms with van der Waals surface area (Å²) in [6.45, 7) is -0.00303. The number of carbonyl (C=O) groups excluding carboxylic acids is 2. The third-order valence-corrected chi connectivity index (χ3v) is 4.66. The van der Waals surface area contributed by atoms with Crippen molar-refractivity contribution in [1.29, 1.82) is 0 Å². The highest BCUT2D eigenvalue weighted by Gasteiger charge is 2.17. The average molecular weight is 336 g/mol. The molecule has 0 aliphatic carbocycles. The topological polar surface area (TPSA) is 78.4 Å². The number of para-hydroxylation sites is 1. The van der Waals surface area contributed by atoms with Crippen LogP contribution in [0.4, 0.5) is 5.69 Å². The second-order valence-corrected chi connectivity index (χ2v) is 6.22. The number of aliphatic hydroxyl groups is 1. The van der Waals surface area contributed by atoms with Gasteiger partial charge in [-0.3, -0.25) is 9.59 Å². The summed E-state index contributed by atoms with van der Waals surface area (Å²) in [5, 5.41) is 16.7. The highest BCUT2D eigenvalue weighted by molar-refractivity contribution is 7.98. The zero-order chi connectivity index (χ0) is 15.9. The summed E-state index contributed by atoms with van der Waals surface area (Å²) in [4.78, 5) is 25.3. The van der Waals surface area contributed by atoms with Crippen LogP contribution >= 0.6 is 23.1 Å². The van der Waals surface area contributed by atoms with Crippen LogP contribution in [0.25, 0.3) is 0 Å². The van der Waals surface area contributed by atoms with E-state index in [0.29, 0.717) is 5.69 Å². The molecule has 0 saturated carbocycles. The van der Waals surface area contributed by atoms with E-state index < -0.39 is 17.9 Å². The molecule has 0 aliphatic rings. The number of anilines is 1. The maximum atomic E-state index is 11.9. The van der Waals surface area contributed by atoms with Crippen molar-refractivity contribution in [2.75, 3.05) is 18.1 Å². The van der Waals surface area contributed by atoms with Gasteiger partial charge in [0.25, 0.3) is 0 Å². The SMILES string of the molecule is CSc1ccccc1NC(=O)C(=O)NCC(O)c1cccs1. The Morgan fingerprint density at radius 2 is 2.00 bits per heavy atom. The zero-order valence-electron chi connectivity index (χ0n) is 11.9. The van der Waals surface area contributed by atoms with Crippen molar-refractivity contribution >= 4 is 40.6 Å². The molecule has 0 saturated heterocycles. The molecule has 1 heterocycles. The van der Waals surface area contributed by atoms with Crippen LogP contribution in [0.2, 0.25) is 0 Å². The maximum Gasteiger partial charge on any atom is 0.313 e. The summed E-state index contributed by atoms with van der Waals surface area (Å²) in [7, 11) is 0. The number of thiophene rings is 1. The van der Waals surface area contributed by atoms with Gasteiger partial charge in [-0.2, -0.15) is 0 Å². The smallest absolute Gasteiger partial charge is 0.313 e. The van der Waals surface area contributed by atoms with E-state index in [1.165, 1.54) is 23.1 Å². The Kier molecular flexibility index (Phi) is 6.00. The van der Waals surface area contributed by atoms with Crippen molar-refractivity contribution in [2.45, 2.75) is 11.0 Å². The van der Waals surface area contributed by atoms with Crippen LogP contribution in [-0.4, -0.2) is 29.7 Å². The quantitative estimate of drug-likeness (QED) is 0.578. The molecule has 3 N–H and O–H groups in total. The lowest BCUT2D eigenvalue weighted by atomic mass is 10.3. The number of benzene rings is 1. The van der Waals surface area contributed by atoms with Gasteiger partial charge in [-0.1, -0.05) is 18.2 Å². The van der Waals surface area contributed by atoms with Gasteiger partial charge in [-0.15, -0.1) is 23.1 Å². The second kappa shape index (κ2) is 7.98. The molecule has 1 aromatic heterocycles. The minimum absolute atomic E-state index is 0.00303. The Morgan fingerprint density at radius 1 is 1.23 bits per heavy atom. The average Bonchev–Trinajstić information content (AvgIpc) is 3.07. The van der Waals surface area contributed by atoms with Gasteiger partial charge in [0.05, 0.1) is 5.69 Å². The summed E-state index contributed by atoms with van der Waals surface area (Å²) in [5.74, 6) is -1.52. The van der Waals surface area contributed by atoms with Gasteiger partial charge in [0.15, 0.2) is 0 Å². The Labute approximate surface area is 136 Å². The fourth-order valence-corrected chi connectivity index (χ4v) is 3.04. The molecular weight excluding hydrogens is 320 g/mol. The number of aliphatic hydroxyl groups excluding tert-OH is 1. The molecule has 2 aromatic rings. The number of carbonyl (C=O) groups is 2. The van der Waals surface area contributed by atoms with E-state index in [-0.39, 0.29) is 6.54 Å². The molecule has 0 fully saturated rings. The predicted octanol–water partition coefficient (Wildman–Crippen LogP) is 2.26. The van der Waals surface area contributed by atoms with Crippen LogP contribution in [0, 0.1) is 0 Å². The first-order valence-electron chi connectivity index (χ1n) is 6.55. The van der Waals surface area contributed by atoms with E-state index in [9.17, 15) is 14.7 Å². The zero-order valence-corrected chi connectivity index (χ0v) is 13.5. The third-order valence-electron chi connectivity index (χ3n) is 2.89. The van der Waals surface area contributed by atoms with Gasteiger partial charge in [0.2, 0.25) is 0 Å². The van der Waals surface area contributed by atoms with Crippen molar-refractivity contribution < 1.29 is 14.7 Å². The van der Waals surface area contributed by atoms with Gasteiger partial charge >= 0.3 is 11.8 Å². The van der Waals surface area contributed by atoms with Crippen molar-refractivity contribution in [3.05, 3.63) is 46.7 Å². The summed E-state index contributed by atoms with van der Waals surface area (Å²) >= 11 is 2.87. The summed E-state index contributed by atoms with van der Waals surface area (Å²) in [6, 6.07) is 10.8. The summed E-state index contributed by atoms with van der Waals surface area (Å²) in [5.41, 5.74) is 0.592. The third kappa shape index (κ3) is 4.33. The summed E-state index contributed by atoms with van der Waals surface area (Å²) < 4.78 is 0. The number of nitrogens with one attached hydrogen (secondary N) is 2. The molecule has 2 rings (SSSR count). The van der Waals surface area contributed by atoms with E-state index in [1.54, 1.807) is 18.2 Å². The molecule has 116 valence electrons. The van der Waals surface area contributed by atoms with Crippen LogP contribution in [0.3, 0.4) is 0 Å². The van der Waals surface area contributed by atoms with E-state index in [2.05, 4.69) is 10.6 Å². The standard InChI is InChI=1S/C15H16N2O3S2/c1-21-12-6-3-2-5-10(12)17-15(20)14(19)16-9-11(18)13-7-4-8-22-13/h2-8,11,18H,9H2,1H3,(H,16,19)(H,17,20). The van der Waals surface area contributed by atoms with Crippen molar-refractivity contribution in [2.24, 2.45) is 0 Å². The second-order valence-electron chi connectivity index (χ2n) is 4.40. The first kappa shape index (κ1) is 16.5. The molecule has 1 atom stereocenters. The molecule has 2 amide bonds.